The molecule has 1 nitrogen and oxygen atoms in total. The van der Waals surface area contributed by atoms with E-state index in [-0.39, 0.29) is 18.8 Å². The second-order valence-corrected chi connectivity index (χ2v) is 1.36. The molecular weight excluding hydrogens is 110 g/mol. The van der Waals surface area contributed by atoms with Crippen LogP contribution in [0, 0.1) is 0 Å². The van der Waals surface area contributed by atoms with Crippen LogP contribution in [-0.2, 0) is 0 Å². The van der Waals surface area contributed by atoms with Gasteiger partial charge in [0.05, 0.1) is 0 Å². The monoisotopic (exact) mass is 128 g/mol. The number of hydrogen-bond donors (Lipinski definition) is 1. The van der Waals surface area contributed by atoms with Crippen molar-refractivity contribution in [1.82, 2.24) is 0 Å². The third-order valence-electron chi connectivity index (χ3n) is 0.424. The third kappa shape index (κ3) is 10.7. The lowest BCUT2D eigenvalue weighted by Crippen LogP contribution is -2.13. The fraction of sp³-hybridized carbons (Fsp3) is 1.00. The minimum absolute atomic E-state index is 0. The van der Waals surface area contributed by atoms with Crippen molar-refractivity contribution in [2.24, 2.45) is 5.73 Å². The number of halogens is 1. The van der Waals surface area contributed by atoms with Gasteiger partial charge in [-0.05, 0) is 13.3 Å². The van der Waals surface area contributed by atoms with Crippen molar-refractivity contribution in [3.05, 3.63) is 0 Å². The van der Waals surface area contributed by atoms with E-state index in [2.05, 4.69) is 0 Å². The smallest absolute Gasteiger partial charge is 0.0264 e. The third-order valence-corrected chi connectivity index (χ3v) is 0.424. The molecule has 1 atom stereocenters. The zero-order chi connectivity index (χ0) is 9.28. The number of rotatable bonds is 2. The largest absolute Gasteiger partial charge is 0.328 e. The highest BCUT2D eigenvalue weighted by Gasteiger charge is 1.85. The fourth-order valence-corrected chi connectivity index (χ4v) is 0.161. The van der Waals surface area contributed by atoms with Crippen LogP contribution in [0.2, 0.25) is 0 Å². The zero-order valence-electron chi connectivity index (χ0n) is 9.27. The van der Waals surface area contributed by atoms with Crippen LogP contribution in [0.3, 0.4) is 0 Å². The van der Waals surface area contributed by atoms with E-state index >= 15 is 0 Å². The maximum absolute atomic E-state index is 7.13. The first kappa shape index (κ1) is 2.70. The maximum atomic E-state index is 7.13. The Morgan fingerprint density at radius 1 is 2.00 bits per heavy atom. The van der Waals surface area contributed by atoms with Crippen LogP contribution >= 0.6 is 12.4 Å². The molecule has 0 aliphatic rings. The standard InChI is InChI=1S/C5H13N.ClH/c1-3-4-5(2)6;/h5H,3-4,6H2,1-2H3;1H/i1D3,3D2;. The van der Waals surface area contributed by atoms with Crippen LogP contribution in [0.1, 0.15) is 33.4 Å². The topological polar surface area (TPSA) is 26.0 Å². The lowest BCUT2D eigenvalue weighted by atomic mass is 10.2. The van der Waals surface area contributed by atoms with Crippen LogP contribution in [0.5, 0.6) is 0 Å². The van der Waals surface area contributed by atoms with E-state index in [0.717, 1.165) is 0 Å². The molecule has 2 N–H and O–H groups in total. The average molecular weight is 129 g/mol. The van der Waals surface area contributed by atoms with Gasteiger partial charge in [-0.25, -0.2) is 0 Å². The van der Waals surface area contributed by atoms with Crippen molar-refractivity contribution in [2.75, 3.05) is 0 Å². The first-order valence-corrected chi connectivity index (χ1v) is 1.92. The Bertz CT molecular complexity index is 132. The summed E-state index contributed by atoms with van der Waals surface area (Å²) < 4.78 is 34.8. The molecule has 0 rings (SSSR count). The maximum Gasteiger partial charge on any atom is 0.0264 e. The Hall–Kier alpha value is 0.250. The molecule has 0 aliphatic heterocycles. The Balaban J connectivity index is 0. The zero-order valence-corrected chi connectivity index (χ0v) is 5.09. The molecule has 0 spiro atoms. The summed E-state index contributed by atoms with van der Waals surface area (Å²) in [6.07, 6.45) is -2.30. The molecule has 0 saturated heterocycles. The highest BCUT2D eigenvalue weighted by molar-refractivity contribution is 5.85. The molecular formula is C5H14ClN. The van der Waals surface area contributed by atoms with Crippen LogP contribution < -0.4 is 5.73 Å². The van der Waals surface area contributed by atoms with Gasteiger partial charge >= 0.3 is 0 Å². The summed E-state index contributed by atoms with van der Waals surface area (Å²) in [6, 6.07) is -0.426. The van der Waals surface area contributed by atoms with E-state index in [1.807, 2.05) is 0 Å². The SMILES string of the molecule is Cl.[2H]C([2H])([2H])C([2H])([2H])CC(C)N. The van der Waals surface area contributed by atoms with Crippen LogP contribution in [-0.4, -0.2) is 6.04 Å². The highest BCUT2D eigenvalue weighted by Crippen LogP contribution is 1.88. The molecule has 0 saturated carbocycles. The van der Waals surface area contributed by atoms with Gasteiger partial charge in [-0.3, -0.25) is 0 Å². The second kappa shape index (κ2) is 6.25. The van der Waals surface area contributed by atoms with Crippen LogP contribution in [0.4, 0.5) is 0 Å². The summed E-state index contributed by atoms with van der Waals surface area (Å²) in [6.45, 7) is -0.982. The van der Waals surface area contributed by atoms with Crippen molar-refractivity contribution in [2.45, 2.75) is 32.6 Å². The predicted octanol–water partition coefficient (Wildman–Crippen LogP) is 1.56. The summed E-state index contributed by atoms with van der Waals surface area (Å²) in [7, 11) is 0. The number of hydrogen-bond acceptors (Lipinski definition) is 1. The van der Waals surface area contributed by atoms with Gasteiger partial charge in [-0.1, -0.05) is 13.2 Å². The van der Waals surface area contributed by atoms with Crippen LogP contribution in [0.15, 0.2) is 0 Å². The molecule has 0 aliphatic carbocycles. The molecule has 0 heterocycles. The van der Waals surface area contributed by atoms with Gasteiger partial charge in [-0.15, -0.1) is 12.4 Å². The summed E-state index contributed by atoms with van der Waals surface area (Å²) in [5.41, 5.74) is 5.29. The molecule has 7 heavy (non-hydrogen) atoms. The first-order chi connectivity index (χ1) is 4.67. The molecule has 46 valence electrons. The summed E-state index contributed by atoms with van der Waals surface area (Å²) in [5.74, 6) is 0. The fourth-order valence-electron chi connectivity index (χ4n) is 0.161. The average Bonchev–Trinajstić information content (AvgIpc) is 1.56. The van der Waals surface area contributed by atoms with Crippen molar-refractivity contribution in [3.63, 3.8) is 0 Å². The van der Waals surface area contributed by atoms with Gasteiger partial charge < -0.3 is 5.73 Å². The lowest BCUT2D eigenvalue weighted by molar-refractivity contribution is 0.653. The van der Waals surface area contributed by atoms with Gasteiger partial charge in [-0.2, -0.15) is 0 Å². The Morgan fingerprint density at radius 2 is 2.57 bits per heavy atom. The quantitative estimate of drug-likeness (QED) is 0.600. The molecule has 0 bridgehead atoms. The molecule has 2 heteroatoms. The van der Waals surface area contributed by atoms with Crippen molar-refractivity contribution in [1.29, 1.82) is 0 Å². The number of nitrogens with two attached hydrogens (primary N) is 1. The molecule has 0 fully saturated rings. The van der Waals surface area contributed by atoms with Gasteiger partial charge in [0, 0.05) is 12.9 Å². The van der Waals surface area contributed by atoms with Crippen molar-refractivity contribution >= 4 is 12.4 Å². The molecule has 0 aromatic carbocycles. The van der Waals surface area contributed by atoms with E-state index in [0.29, 0.717) is 0 Å². The van der Waals surface area contributed by atoms with Gasteiger partial charge in [0.25, 0.3) is 0 Å². The molecule has 0 amide bonds. The second-order valence-electron chi connectivity index (χ2n) is 1.36. The van der Waals surface area contributed by atoms with E-state index in [1.165, 1.54) is 0 Å². The van der Waals surface area contributed by atoms with E-state index in [1.54, 1.807) is 6.92 Å². The van der Waals surface area contributed by atoms with Crippen molar-refractivity contribution < 1.29 is 6.85 Å². The highest BCUT2D eigenvalue weighted by atomic mass is 35.5. The Kier molecular flexibility index (Phi) is 2.41. The molecule has 0 aromatic heterocycles. The van der Waals surface area contributed by atoms with E-state index in [4.69, 9.17) is 12.6 Å². The minimum atomic E-state index is -2.57. The van der Waals surface area contributed by atoms with Gasteiger partial charge in [0.1, 0.15) is 0 Å². The minimum Gasteiger partial charge on any atom is -0.328 e. The normalized spacial score (nSPS) is 26.9. The summed E-state index contributed by atoms with van der Waals surface area (Å²) in [5, 5.41) is 0. The molecule has 1 unspecified atom stereocenters. The Labute approximate surface area is 58.7 Å². The summed E-state index contributed by atoms with van der Waals surface area (Å²) in [4.78, 5) is 0. The molecule has 0 aromatic rings. The van der Waals surface area contributed by atoms with E-state index < -0.39 is 19.3 Å². The summed E-state index contributed by atoms with van der Waals surface area (Å²) >= 11 is 0. The lowest BCUT2D eigenvalue weighted by Gasteiger charge is -1.96. The van der Waals surface area contributed by atoms with Gasteiger partial charge in [0.2, 0.25) is 0 Å². The predicted molar refractivity (Wildman–Crippen MR) is 35.8 cm³/mol. The van der Waals surface area contributed by atoms with Crippen molar-refractivity contribution in [3.8, 4) is 0 Å². The van der Waals surface area contributed by atoms with E-state index in [9.17, 15) is 0 Å². The Morgan fingerprint density at radius 3 is 2.71 bits per heavy atom. The first-order valence-electron chi connectivity index (χ1n) is 4.42. The molecule has 0 radical (unpaired) electrons. The van der Waals surface area contributed by atoms with Crippen LogP contribution in [0.25, 0.3) is 0 Å². The van der Waals surface area contributed by atoms with Gasteiger partial charge in [0.15, 0.2) is 0 Å².